The average Bonchev–Trinajstić information content (AvgIpc) is 2.73. The molecule has 1 aliphatic rings. The molecule has 0 saturated heterocycles. The topological polar surface area (TPSA) is 50.8 Å². The van der Waals surface area contributed by atoms with Crippen molar-refractivity contribution in [3.05, 3.63) is 24.3 Å². The van der Waals surface area contributed by atoms with E-state index in [1.807, 2.05) is 24.3 Å². The Labute approximate surface area is 177 Å². The molecule has 5 heteroatoms. The summed E-state index contributed by atoms with van der Waals surface area (Å²) < 4.78 is 12.0. The Morgan fingerprint density at radius 1 is 1.17 bits per heavy atom. The maximum atomic E-state index is 13.1. The smallest absolute Gasteiger partial charge is 0.256 e. The first-order valence-electron chi connectivity index (χ1n) is 11.4. The summed E-state index contributed by atoms with van der Waals surface area (Å²) in [5.41, 5.74) is 0.107. The van der Waals surface area contributed by atoms with Crippen LogP contribution in [0.5, 0.6) is 5.75 Å². The highest BCUT2D eigenvalue weighted by atomic mass is 16.5. The summed E-state index contributed by atoms with van der Waals surface area (Å²) in [5, 5.41) is 3.08. The predicted molar refractivity (Wildman–Crippen MR) is 120 cm³/mol. The van der Waals surface area contributed by atoms with Crippen LogP contribution in [0.25, 0.3) is 0 Å². The lowest BCUT2D eigenvalue weighted by Gasteiger charge is -2.38. The first-order valence-corrected chi connectivity index (χ1v) is 11.4. The van der Waals surface area contributed by atoms with Crippen molar-refractivity contribution >= 4 is 11.6 Å². The van der Waals surface area contributed by atoms with Crippen molar-refractivity contribution in [3.8, 4) is 5.75 Å². The lowest BCUT2D eigenvalue weighted by Crippen LogP contribution is -2.48. The van der Waals surface area contributed by atoms with E-state index in [0.717, 1.165) is 63.2 Å². The van der Waals surface area contributed by atoms with Gasteiger partial charge in [-0.3, -0.25) is 4.79 Å². The lowest BCUT2D eigenvalue weighted by molar-refractivity contribution is -0.148. The molecule has 1 fully saturated rings. The zero-order valence-electron chi connectivity index (χ0n) is 18.8. The maximum absolute atomic E-state index is 13.1. The van der Waals surface area contributed by atoms with Gasteiger partial charge < -0.3 is 19.7 Å². The molecule has 0 aromatic heterocycles. The van der Waals surface area contributed by atoms with Crippen LogP contribution in [0, 0.1) is 5.92 Å². The van der Waals surface area contributed by atoms with Crippen molar-refractivity contribution in [2.45, 2.75) is 71.8 Å². The van der Waals surface area contributed by atoms with Crippen molar-refractivity contribution in [3.63, 3.8) is 0 Å². The van der Waals surface area contributed by atoms with E-state index in [4.69, 9.17) is 9.47 Å². The van der Waals surface area contributed by atoms with Crippen LogP contribution in [0.4, 0.5) is 5.69 Å². The van der Waals surface area contributed by atoms with Gasteiger partial charge in [-0.15, -0.1) is 0 Å². The van der Waals surface area contributed by atoms with Crippen molar-refractivity contribution in [2.24, 2.45) is 5.92 Å². The molecule has 0 aliphatic heterocycles. The van der Waals surface area contributed by atoms with Gasteiger partial charge in [0.2, 0.25) is 0 Å². The number of anilines is 1. The van der Waals surface area contributed by atoms with E-state index in [1.54, 1.807) is 0 Å². The number of ether oxygens (including phenoxy) is 2. The predicted octanol–water partition coefficient (Wildman–Crippen LogP) is 5.11. The number of hydrogen-bond acceptors (Lipinski definition) is 4. The molecule has 0 heterocycles. The molecule has 5 nitrogen and oxygen atoms in total. The summed E-state index contributed by atoms with van der Waals surface area (Å²) in [4.78, 5) is 15.5. The van der Waals surface area contributed by atoms with Crippen LogP contribution in [0.3, 0.4) is 0 Å². The molecule has 1 aliphatic carbocycles. The molecule has 1 saturated carbocycles. The van der Waals surface area contributed by atoms with Gasteiger partial charge in [0.15, 0.2) is 0 Å². The standard InChI is InChI=1S/C24H40N2O3/c1-5-17-29-24(15-8-10-20(4)19-24)23(27)25-21-11-13-22(14-12-21)28-18-9-16-26(6-2)7-3/h11-14,20H,5-10,15-19H2,1-4H3,(H,25,27)/t20-,24-/m1/s1. The van der Waals surface area contributed by atoms with Crippen LogP contribution in [0.15, 0.2) is 24.3 Å². The van der Waals surface area contributed by atoms with Crippen molar-refractivity contribution in [2.75, 3.05) is 38.2 Å². The fourth-order valence-electron chi connectivity index (χ4n) is 4.10. The number of amides is 1. The minimum atomic E-state index is -0.687. The molecule has 0 bridgehead atoms. The van der Waals surface area contributed by atoms with Crippen LogP contribution >= 0.6 is 0 Å². The van der Waals surface area contributed by atoms with E-state index in [1.165, 1.54) is 6.42 Å². The van der Waals surface area contributed by atoms with E-state index in [2.05, 4.69) is 37.9 Å². The van der Waals surface area contributed by atoms with Crippen LogP contribution in [-0.2, 0) is 9.53 Å². The van der Waals surface area contributed by atoms with Gasteiger partial charge in [-0.1, -0.05) is 34.1 Å². The van der Waals surface area contributed by atoms with Gasteiger partial charge in [0.25, 0.3) is 5.91 Å². The Morgan fingerprint density at radius 3 is 2.52 bits per heavy atom. The second-order valence-electron chi connectivity index (χ2n) is 8.25. The first kappa shape index (κ1) is 23.7. The Morgan fingerprint density at radius 2 is 1.90 bits per heavy atom. The Bertz CT molecular complexity index is 601. The number of benzene rings is 1. The Kier molecular flexibility index (Phi) is 9.95. The highest BCUT2D eigenvalue weighted by molar-refractivity contribution is 5.97. The Balaban J connectivity index is 1.87. The molecule has 2 atom stereocenters. The second kappa shape index (κ2) is 12.2. The third-order valence-corrected chi connectivity index (χ3v) is 5.85. The fraction of sp³-hybridized carbons (Fsp3) is 0.708. The molecule has 0 spiro atoms. The van der Waals surface area contributed by atoms with Crippen LogP contribution < -0.4 is 10.1 Å². The van der Waals surface area contributed by atoms with Gasteiger partial charge in [-0.05, 0) is 75.4 Å². The van der Waals surface area contributed by atoms with Crippen molar-refractivity contribution in [1.82, 2.24) is 4.90 Å². The van der Waals surface area contributed by atoms with Crippen molar-refractivity contribution in [1.29, 1.82) is 0 Å². The van der Waals surface area contributed by atoms with E-state index < -0.39 is 5.60 Å². The SMILES string of the molecule is CCCO[C@]1(C(=O)Nc2ccc(OCCCN(CC)CC)cc2)CCC[C@@H](C)C1. The molecule has 0 unspecified atom stereocenters. The molecule has 1 N–H and O–H groups in total. The number of carbonyl (C=O) groups is 1. The number of nitrogens with one attached hydrogen (secondary N) is 1. The first-order chi connectivity index (χ1) is 14.0. The van der Waals surface area contributed by atoms with Crippen molar-refractivity contribution < 1.29 is 14.3 Å². The van der Waals surface area contributed by atoms with E-state index in [9.17, 15) is 4.79 Å². The van der Waals surface area contributed by atoms with E-state index in [-0.39, 0.29) is 5.91 Å². The van der Waals surface area contributed by atoms with Crippen LogP contribution in [0.2, 0.25) is 0 Å². The quantitative estimate of drug-likeness (QED) is 0.492. The highest BCUT2D eigenvalue weighted by Crippen LogP contribution is 2.36. The van der Waals surface area contributed by atoms with E-state index in [0.29, 0.717) is 19.1 Å². The lowest BCUT2D eigenvalue weighted by atomic mass is 9.78. The summed E-state index contributed by atoms with van der Waals surface area (Å²) in [6.45, 7) is 13.2. The number of hydrogen-bond donors (Lipinski definition) is 1. The molecular formula is C24H40N2O3. The minimum Gasteiger partial charge on any atom is -0.494 e. The molecule has 1 amide bonds. The van der Waals surface area contributed by atoms with Gasteiger partial charge in [0, 0.05) is 18.8 Å². The van der Waals surface area contributed by atoms with E-state index >= 15 is 0 Å². The van der Waals surface area contributed by atoms with Crippen LogP contribution in [-0.4, -0.2) is 49.3 Å². The number of rotatable bonds is 12. The zero-order chi connectivity index (χ0) is 21.1. The van der Waals surface area contributed by atoms with Crippen LogP contribution in [0.1, 0.15) is 66.2 Å². The molecular weight excluding hydrogens is 364 g/mol. The second-order valence-corrected chi connectivity index (χ2v) is 8.25. The molecule has 2 rings (SSSR count). The Hall–Kier alpha value is -1.59. The molecule has 0 radical (unpaired) electrons. The normalized spacial score (nSPS) is 21.9. The summed E-state index contributed by atoms with van der Waals surface area (Å²) in [6.07, 6.45) is 5.74. The van der Waals surface area contributed by atoms with Gasteiger partial charge in [-0.2, -0.15) is 0 Å². The number of nitrogens with zero attached hydrogens (tertiary/aromatic N) is 1. The summed E-state index contributed by atoms with van der Waals surface area (Å²) in [5.74, 6) is 1.34. The maximum Gasteiger partial charge on any atom is 0.256 e. The molecule has 164 valence electrons. The number of carbonyl (C=O) groups excluding carboxylic acids is 1. The third-order valence-electron chi connectivity index (χ3n) is 5.85. The summed E-state index contributed by atoms with van der Waals surface area (Å²) in [6, 6.07) is 7.68. The summed E-state index contributed by atoms with van der Waals surface area (Å²) in [7, 11) is 0. The minimum absolute atomic E-state index is 0.00890. The summed E-state index contributed by atoms with van der Waals surface area (Å²) >= 11 is 0. The van der Waals surface area contributed by atoms with Gasteiger partial charge in [0.05, 0.1) is 6.61 Å². The van der Waals surface area contributed by atoms with Gasteiger partial charge >= 0.3 is 0 Å². The largest absolute Gasteiger partial charge is 0.494 e. The fourth-order valence-corrected chi connectivity index (χ4v) is 4.10. The van der Waals surface area contributed by atoms with Gasteiger partial charge in [0.1, 0.15) is 11.4 Å². The zero-order valence-corrected chi connectivity index (χ0v) is 18.8. The average molecular weight is 405 g/mol. The monoisotopic (exact) mass is 404 g/mol. The molecule has 1 aromatic rings. The molecule has 29 heavy (non-hydrogen) atoms. The van der Waals surface area contributed by atoms with Gasteiger partial charge in [-0.25, -0.2) is 0 Å². The third kappa shape index (κ3) is 7.31. The highest BCUT2D eigenvalue weighted by Gasteiger charge is 2.42. The molecule has 1 aromatic carbocycles.